The Morgan fingerprint density at radius 2 is 1.71 bits per heavy atom. The highest BCUT2D eigenvalue weighted by atomic mass is 79.9. The van der Waals surface area contributed by atoms with Gasteiger partial charge in [0.25, 0.3) is 5.56 Å². The lowest BCUT2D eigenvalue weighted by Gasteiger charge is -2.30. The number of aromatic nitrogens is 1. The average Bonchev–Trinajstić information content (AvgIpc) is 3.34. The van der Waals surface area contributed by atoms with Gasteiger partial charge in [-0.3, -0.25) is 9.36 Å². The van der Waals surface area contributed by atoms with Gasteiger partial charge in [-0.15, -0.1) is 0 Å². The van der Waals surface area contributed by atoms with E-state index in [1.165, 1.54) is 22.5 Å². The molecule has 4 aromatic carbocycles. The Bertz CT molecular complexity index is 2010. The largest absolute Gasteiger partial charge is 0.493 e. The van der Waals surface area contributed by atoms with Gasteiger partial charge in [0.05, 0.1) is 27.9 Å². The Hall–Kier alpha value is -4.20. The summed E-state index contributed by atoms with van der Waals surface area (Å²) in [6.07, 6.45) is 3.72. The molecule has 0 saturated heterocycles. The van der Waals surface area contributed by atoms with Crippen molar-refractivity contribution in [3.63, 3.8) is 0 Å². The fourth-order valence-electron chi connectivity index (χ4n) is 5.80. The number of halogens is 1. The Labute approximate surface area is 255 Å². The van der Waals surface area contributed by atoms with Crippen molar-refractivity contribution in [2.75, 3.05) is 7.11 Å². The molecular weight excluding hydrogens is 608 g/mol. The summed E-state index contributed by atoms with van der Waals surface area (Å²) >= 11 is 5.09. The summed E-state index contributed by atoms with van der Waals surface area (Å²) in [5.74, 6) is 1.21. The number of nitrogens with zero attached hydrogens (tertiary/aromatic N) is 2. The summed E-state index contributed by atoms with van der Waals surface area (Å²) in [4.78, 5) is 19.9. The van der Waals surface area contributed by atoms with E-state index in [4.69, 9.17) is 14.5 Å². The minimum absolute atomic E-state index is 0.0440. The summed E-state index contributed by atoms with van der Waals surface area (Å²) in [6.45, 7) is 0.418. The number of allylic oxidation sites excluding steroid dienone is 1. The maximum atomic E-state index is 14.1. The van der Waals surface area contributed by atoms with Crippen LogP contribution in [0.25, 0.3) is 11.8 Å². The first kappa shape index (κ1) is 26.7. The Kier molecular flexibility index (Phi) is 7.14. The minimum Gasteiger partial charge on any atom is -0.493 e. The number of hydrogen-bond acceptors (Lipinski definition) is 5. The number of thiazole rings is 1. The highest BCUT2D eigenvalue weighted by Crippen LogP contribution is 2.41. The minimum atomic E-state index is -0.192. The Morgan fingerprint density at radius 3 is 2.50 bits per heavy atom. The first-order chi connectivity index (χ1) is 20.6. The maximum Gasteiger partial charge on any atom is 0.271 e. The normalized spacial score (nSPS) is 15.9. The van der Waals surface area contributed by atoms with Gasteiger partial charge in [0, 0.05) is 5.56 Å². The van der Waals surface area contributed by atoms with E-state index in [-0.39, 0.29) is 11.6 Å². The molecule has 0 bridgehead atoms. The second kappa shape index (κ2) is 11.2. The standard InChI is InChI=1S/C35H27BrN2O3S/c1-40-29-19-23(18-28(36)33(29)41-21-22-10-4-2-5-11-22)20-30-34(39)38-32(25-13-6-3-7-14-25)27-17-16-24-12-8-9-15-26(24)31(27)37-35(38)42-30/h2-15,18-20,32H,16-17,21H2,1H3/b30-20+/t32-/m0/s1. The van der Waals surface area contributed by atoms with Crippen molar-refractivity contribution in [1.82, 2.24) is 4.57 Å². The smallest absolute Gasteiger partial charge is 0.271 e. The van der Waals surface area contributed by atoms with Gasteiger partial charge in [-0.2, -0.15) is 0 Å². The van der Waals surface area contributed by atoms with Crippen molar-refractivity contribution in [2.24, 2.45) is 4.99 Å². The fourth-order valence-corrected chi connectivity index (χ4v) is 7.38. The lowest BCUT2D eigenvalue weighted by Crippen LogP contribution is -2.38. The van der Waals surface area contributed by atoms with E-state index in [0.717, 1.165) is 45.3 Å². The van der Waals surface area contributed by atoms with Gasteiger partial charge < -0.3 is 9.47 Å². The molecule has 0 fully saturated rings. The molecule has 0 spiro atoms. The van der Waals surface area contributed by atoms with Crippen LogP contribution in [0.1, 0.15) is 40.3 Å². The predicted molar refractivity (Wildman–Crippen MR) is 171 cm³/mol. The van der Waals surface area contributed by atoms with E-state index in [2.05, 4.69) is 52.3 Å². The van der Waals surface area contributed by atoms with Crippen LogP contribution in [0, 0.1) is 0 Å². The molecule has 0 saturated carbocycles. The van der Waals surface area contributed by atoms with Crippen molar-refractivity contribution in [1.29, 1.82) is 0 Å². The van der Waals surface area contributed by atoms with Gasteiger partial charge in [0.1, 0.15) is 6.61 Å². The van der Waals surface area contributed by atoms with Gasteiger partial charge >= 0.3 is 0 Å². The zero-order valence-corrected chi connectivity index (χ0v) is 25.3. The van der Waals surface area contributed by atoms with Crippen LogP contribution in [-0.4, -0.2) is 11.7 Å². The molecule has 0 amide bonds. The summed E-state index contributed by atoms with van der Waals surface area (Å²) in [5.41, 5.74) is 7.62. The van der Waals surface area contributed by atoms with E-state index in [9.17, 15) is 4.79 Å². The third-order valence-corrected chi connectivity index (χ3v) is 9.34. The van der Waals surface area contributed by atoms with Crippen LogP contribution in [-0.2, 0) is 13.0 Å². The Morgan fingerprint density at radius 1 is 0.976 bits per heavy atom. The predicted octanol–water partition coefficient (Wildman–Crippen LogP) is 6.67. The summed E-state index contributed by atoms with van der Waals surface area (Å²) in [6, 6.07) is 32.4. The summed E-state index contributed by atoms with van der Waals surface area (Å²) < 4.78 is 15.1. The molecule has 5 aromatic rings. The van der Waals surface area contributed by atoms with Gasteiger partial charge in [-0.25, -0.2) is 4.99 Å². The van der Waals surface area contributed by atoms with Gasteiger partial charge in [0.15, 0.2) is 16.3 Å². The van der Waals surface area contributed by atoms with Crippen LogP contribution in [0.5, 0.6) is 11.5 Å². The molecule has 0 unspecified atom stereocenters. The second-order valence-electron chi connectivity index (χ2n) is 10.3. The third-order valence-electron chi connectivity index (χ3n) is 7.76. The molecule has 7 heteroatoms. The number of ether oxygens (including phenoxy) is 2. The van der Waals surface area contributed by atoms with Crippen molar-refractivity contribution in [3.8, 4) is 11.5 Å². The Balaban J connectivity index is 1.33. The fraction of sp³-hybridized carbons (Fsp3) is 0.143. The van der Waals surface area contributed by atoms with E-state index < -0.39 is 0 Å². The van der Waals surface area contributed by atoms with Gasteiger partial charge in [-0.05, 0) is 74.8 Å². The second-order valence-corrected chi connectivity index (χ2v) is 12.2. The number of hydrogen-bond donors (Lipinski definition) is 0. The van der Waals surface area contributed by atoms with E-state index in [1.807, 2.05) is 71.3 Å². The molecule has 0 N–H and O–H groups in total. The number of benzene rings is 4. The van der Waals surface area contributed by atoms with Crippen LogP contribution in [0.2, 0.25) is 0 Å². The molecule has 2 heterocycles. The van der Waals surface area contributed by atoms with Gasteiger partial charge in [0.2, 0.25) is 0 Å². The van der Waals surface area contributed by atoms with E-state index >= 15 is 0 Å². The van der Waals surface area contributed by atoms with Gasteiger partial charge in [-0.1, -0.05) is 96.3 Å². The zero-order chi connectivity index (χ0) is 28.6. The maximum absolute atomic E-state index is 14.1. The number of fused-ring (bicyclic) bond motifs is 3. The molecule has 208 valence electrons. The van der Waals surface area contributed by atoms with Crippen molar-refractivity contribution in [2.45, 2.75) is 25.5 Å². The van der Waals surface area contributed by atoms with Crippen molar-refractivity contribution in [3.05, 3.63) is 155 Å². The van der Waals surface area contributed by atoms with E-state index in [1.54, 1.807) is 7.11 Å². The third kappa shape index (κ3) is 4.82. The first-order valence-corrected chi connectivity index (χ1v) is 15.4. The molecule has 2 aliphatic rings. The van der Waals surface area contributed by atoms with Crippen molar-refractivity contribution < 1.29 is 9.47 Å². The molecular formula is C35H27BrN2O3S. The zero-order valence-electron chi connectivity index (χ0n) is 22.9. The lowest BCUT2D eigenvalue weighted by molar-refractivity contribution is 0.282. The summed E-state index contributed by atoms with van der Waals surface area (Å²) in [5, 5.41) is 0. The summed E-state index contributed by atoms with van der Waals surface area (Å²) in [7, 11) is 1.62. The van der Waals surface area contributed by atoms with Crippen LogP contribution in [0.3, 0.4) is 0 Å². The first-order valence-electron chi connectivity index (χ1n) is 13.8. The number of aryl methyl sites for hydroxylation is 1. The molecule has 1 aliphatic heterocycles. The van der Waals surface area contributed by atoms with Crippen LogP contribution >= 0.6 is 27.3 Å². The SMILES string of the molecule is COc1cc(/C=c2/sc3n(c2=O)[C@@H](c2ccccc2)C2=C(N=3)c3ccccc3CC2)cc(Br)c1OCc1ccccc1. The van der Waals surface area contributed by atoms with E-state index in [0.29, 0.717) is 27.4 Å². The number of methoxy groups -OCH3 is 1. The topological polar surface area (TPSA) is 52.8 Å². The highest BCUT2D eigenvalue weighted by Gasteiger charge is 2.32. The van der Waals surface area contributed by atoms with Crippen LogP contribution in [0.4, 0.5) is 0 Å². The molecule has 1 atom stereocenters. The molecule has 5 nitrogen and oxygen atoms in total. The van der Waals surface area contributed by atoms with Crippen LogP contribution in [0.15, 0.2) is 117 Å². The monoisotopic (exact) mass is 634 g/mol. The molecule has 0 radical (unpaired) electrons. The number of rotatable bonds is 6. The molecule has 7 rings (SSSR count). The molecule has 1 aromatic heterocycles. The lowest BCUT2D eigenvalue weighted by atomic mass is 9.83. The molecule has 42 heavy (non-hydrogen) atoms. The van der Waals surface area contributed by atoms with Crippen LogP contribution < -0.4 is 24.4 Å². The highest BCUT2D eigenvalue weighted by molar-refractivity contribution is 9.10. The average molecular weight is 636 g/mol. The quantitative estimate of drug-likeness (QED) is 0.210. The van der Waals surface area contributed by atoms with Crippen molar-refractivity contribution >= 4 is 39.0 Å². The molecule has 1 aliphatic carbocycles.